The first-order valence-corrected chi connectivity index (χ1v) is 10.8. The van der Waals surface area contributed by atoms with Gasteiger partial charge >= 0.3 is 0 Å². The number of carbonyl (C=O) groups excluding carboxylic acids is 2. The van der Waals surface area contributed by atoms with E-state index in [4.69, 9.17) is 9.15 Å². The summed E-state index contributed by atoms with van der Waals surface area (Å²) in [6, 6.07) is 13.3. The van der Waals surface area contributed by atoms with Crippen molar-refractivity contribution in [1.82, 2.24) is 0 Å². The third-order valence-electron chi connectivity index (χ3n) is 6.27. The predicted octanol–water partition coefficient (Wildman–Crippen LogP) is 6.46. The zero-order chi connectivity index (χ0) is 24.2. The molecule has 172 valence electrons. The lowest BCUT2D eigenvalue weighted by Crippen LogP contribution is -2.36. The third-order valence-corrected chi connectivity index (χ3v) is 6.27. The molecular weight excluding hydrogens is 440 g/mol. The van der Waals surface area contributed by atoms with Gasteiger partial charge < -0.3 is 14.5 Å². The maximum Gasteiger partial charge on any atom is 0.291 e. The molecule has 0 fully saturated rings. The van der Waals surface area contributed by atoms with Gasteiger partial charge in [-0.1, -0.05) is 12.1 Å². The van der Waals surface area contributed by atoms with E-state index in [0.717, 1.165) is 0 Å². The molecule has 7 heteroatoms. The number of benzene rings is 3. The van der Waals surface area contributed by atoms with Crippen molar-refractivity contribution in [1.29, 1.82) is 0 Å². The average Bonchev–Trinajstić information content (AvgIpc) is 3.12. The summed E-state index contributed by atoms with van der Waals surface area (Å²) in [6.07, 6.45) is 0.0473. The van der Waals surface area contributed by atoms with Gasteiger partial charge in [0.2, 0.25) is 0 Å². The second kappa shape index (κ2) is 7.80. The van der Waals surface area contributed by atoms with Crippen LogP contribution in [0, 0.1) is 25.5 Å². The molecule has 1 N–H and O–H groups in total. The van der Waals surface area contributed by atoms with E-state index in [-0.39, 0.29) is 23.8 Å². The summed E-state index contributed by atoms with van der Waals surface area (Å²) in [5, 5.41) is 3.26. The van der Waals surface area contributed by atoms with Crippen LogP contribution in [-0.2, 0) is 5.60 Å². The van der Waals surface area contributed by atoms with Crippen LogP contribution in [0.4, 0.5) is 14.5 Å². The number of aryl methyl sites for hydroxylation is 2. The van der Waals surface area contributed by atoms with Gasteiger partial charge in [0, 0.05) is 16.6 Å². The number of ether oxygens (including phenoxy) is 1. The smallest absolute Gasteiger partial charge is 0.291 e. The Hall–Kier alpha value is -4.00. The lowest BCUT2D eigenvalue weighted by atomic mass is 9.84. The molecule has 0 spiro atoms. The normalized spacial score (nSPS) is 17.4. The molecule has 0 radical (unpaired) electrons. The maximum atomic E-state index is 13.4. The Morgan fingerprint density at radius 3 is 2.41 bits per heavy atom. The highest BCUT2D eigenvalue weighted by Crippen LogP contribution is 2.44. The minimum Gasteiger partial charge on any atom is -0.482 e. The maximum absolute atomic E-state index is 13.4. The molecule has 1 aliphatic heterocycles. The lowest BCUT2D eigenvalue weighted by molar-refractivity contribution is 0.0507. The summed E-state index contributed by atoms with van der Waals surface area (Å²) in [6.45, 7) is 5.19. The van der Waals surface area contributed by atoms with Crippen molar-refractivity contribution in [2.75, 3.05) is 5.32 Å². The number of hydrogen-bond donors (Lipinski definition) is 1. The fourth-order valence-electron chi connectivity index (χ4n) is 4.48. The van der Waals surface area contributed by atoms with Crippen LogP contribution in [0.1, 0.15) is 50.9 Å². The molecule has 4 aromatic rings. The molecule has 1 aromatic heterocycles. The van der Waals surface area contributed by atoms with E-state index in [1.54, 1.807) is 45.0 Å². The van der Waals surface area contributed by atoms with Crippen LogP contribution in [0.2, 0.25) is 0 Å². The fraction of sp³-hybridized carbons (Fsp3) is 0.185. The number of nitrogens with one attached hydrogen (secondary N) is 1. The topological polar surface area (TPSA) is 68.5 Å². The average molecular weight is 461 g/mol. The second-order valence-electron chi connectivity index (χ2n) is 8.72. The van der Waals surface area contributed by atoms with Gasteiger partial charge in [-0.25, -0.2) is 8.78 Å². The van der Waals surface area contributed by atoms with Crippen LogP contribution in [0.15, 0.2) is 59.0 Å². The number of ketones is 1. The number of rotatable bonds is 3. The van der Waals surface area contributed by atoms with Crippen molar-refractivity contribution < 1.29 is 27.5 Å². The quantitative estimate of drug-likeness (QED) is 0.380. The first kappa shape index (κ1) is 21.8. The fourth-order valence-corrected chi connectivity index (χ4v) is 4.48. The van der Waals surface area contributed by atoms with Gasteiger partial charge in [-0.2, -0.15) is 0 Å². The van der Waals surface area contributed by atoms with Crippen LogP contribution in [0.25, 0.3) is 11.0 Å². The van der Waals surface area contributed by atoms with E-state index in [1.807, 2.05) is 0 Å². The highest BCUT2D eigenvalue weighted by Gasteiger charge is 2.40. The van der Waals surface area contributed by atoms with Crippen molar-refractivity contribution in [3.63, 3.8) is 0 Å². The number of anilines is 1. The van der Waals surface area contributed by atoms with Gasteiger partial charge in [0.25, 0.3) is 5.91 Å². The summed E-state index contributed by atoms with van der Waals surface area (Å²) in [4.78, 5) is 26.3. The van der Waals surface area contributed by atoms with Crippen molar-refractivity contribution in [2.45, 2.75) is 32.8 Å². The highest BCUT2D eigenvalue weighted by atomic mass is 19.1. The van der Waals surface area contributed by atoms with Crippen LogP contribution in [-0.4, -0.2) is 11.7 Å². The van der Waals surface area contributed by atoms with E-state index >= 15 is 0 Å². The third kappa shape index (κ3) is 3.53. The highest BCUT2D eigenvalue weighted by molar-refractivity contribution is 6.15. The Labute approximate surface area is 194 Å². The Kier molecular flexibility index (Phi) is 5.01. The predicted molar refractivity (Wildman–Crippen MR) is 123 cm³/mol. The van der Waals surface area contributed by atoms with Crippen molar-refractivity contribution in [3.05, 3.63) is 94.2 Å². The zero-order valence-corrected chi connectivity index (χ0v) is 18.8. The van der Waals surface area contributed by atoms with Crippen LogP contribution in [0.3, 0.4) is 0 Å². The van der Waals surface area contributed by atoms with Crippen molar-refractivity contribution >= 4 is 28.3 Å². The standard InChI is InChI=1S/C27H21F2NO4/c1-14-12-18(29)8-9-19(14)30-26(32)25-15(2)23-21(33-25)10-11-22-24(23)20(31)13-27(3,34-22)16-4-6-17(28)7-5-16/h4-12H,13H2,1-3H3,(H,30,32)/t27-/m0/s1. The molecular formula is C27H21F2NO4. The van der Waals surface area contributed by atoms with Gasteiger partial charge in [-0.05, 0) is 74.4 Å². The molecule has 1 amide bonds. The van der Waals surface area contributed by atoms with Gasteiger partial charge in [0.15, 0.2) is 11.5 Å². The summed E-state index contributed by atoms with van der Waals surface area (Å²) < 4.78 is 38.9. The molecule has 2 heterocycles. The summed E-state index contributed by atoms with van der Waals surface area (Å²) in [7, 11) is 0. The SMILES string of the molecule is Cc1cc(F)ccc1NC(=O)c1oc2ccc3c(c2c1C)C(=O)C[C@@](C)(c1ccc(F)cc1)O3. The molecule has 1 atom stereocenters. The lowest BCUT2D eigenvalue weighted by Gasteiger charge is -2.35. The van der Waals surface area contributed by atoms with Crippen molar-refractivity contribution in [2.24, 2.45) is 0 Å². The van der Waals surface area contributed by atoms with Gasteiger partial charge in [-0.3, -0.25) is 9.59 Å². The molecule has 5 rings (SSSR count). The number of carbonyl (C=O) groups is 2. The number of amides is 1. The molecule has 0 unspecified atom stereocenters. The Morgan fingerprint density at radius 1 is 1.00 bits per heavy atom. The largest absolute Gasteiger partial charge is 0.482 e. The van der Waals surface area contributed by atoms with E-state index in [9.17, 15) is 18.4 Å². The molecule has 5 nitrogen and oxygen atoms in total. The summed E-state index contributed by atoms with van der Waals surface area (Å²) in [5.41, 5.74) is 2.02. The Bertz CT molecular complexity index is 1470. The molecule has 0 saturated heterocycles. The van der Waals surface area contributed by atoms with Gasteiger partial charge in [-0.15, -0.1) is 0 Å². The first-order chi connectivity index (χ1) is 16.2. The number of Topliss-reactive ketones (excluding diaryl/α,β-unsaturated/α-hetero) is 1. The summed E-state index contributed by atoms with van der Waals surface area (Å²) in [5.74, 6) is -0.991. The van der Waals surface area contributed by atoms with Crippen LogP contribution in [0.5, 0.6) is 5.75 Å². The summed E-state index contributed by atoms with van der Waals surface area (Å²) >= 11 is 0. The molecule has 0 bridgehead atoms. The van der Waals surface area contributed by atoms with E-state index in [2.05, 4.69) is 5.32 Å². The zero-order valence-electron chi connectivity index (χ0n) is 18.8. The molecule has 1 aliphatic rings. The van der Waals surface area contributed by atoms with Crippen molar-refractivity contribution in [3.8, 4) is 5.75 Å². The number of halogens is 2. The molecule has 0 aliphatic carbocycles. The number of furan rings is 1. The Morgan fingerprint density at radius 2 is 1.71 bits per heavy atom. The van der Waals surface area contributed by atoms with Crippen LogP contribution < -0.4 is 10.1 Å². The molecule has 0 saturated carbocycles. The first-order valence-electron chi connectivity index (χ1n) is 10.8. The minimum atomic E-state index is -0.955. The second-order valence-corrected chi connectivity index (χ2v) is 8.72. The monoisotopic (exact) mass is 461 g/mol. The molecule has 34 heavy (non-hydrogen) atoms. The number of fused-ring (bicyclic) bond motifs is 3. The number of hydrogen-bond acceptors (Lipinski definition) is 4. The van der Waals surface area contributed by atoms with E-state index < -0.39 is 17.3 Å². The van der Waals surface area contributed by atoms with Crippen LogP contribution >= 0.6 is 0 Å². The molecule has 3 aromatic carbocycles. The Balaban J connectivity index is 1.53. The minimum absolute atomic E-state index is 0.0473. The van der Waals surface area contributed by atoms with Gasteiger partial charge in [0.1, 0.15) is 28.6 Å². The van der Waals surface area contributed by atoms with E-state index in [0.29, 0.717) is 44.7 Å². The van der Waals surface area contributed by atoms with E-state index in [1.165, 1.54) is 30.3 Å². The van der Waals surface area contributed by atoms with Gasteiger partial charge in [0.05, 0.1) is 12.0 Å².